The van der Waals surface area contributed by atoms with E-state index in [9.17, 15) is 5.11 Å². The van der Waals surface area contributed by atoms with Crippen molar-refractivity contribution >= 4 is 5.69 Å². The maximum atomic E-state index is 9.27. The minimum Gasteiger partial charge on any atom is -0.508 e. The molecule has 20 heavy (non-hydrogen) atoms. The van der Waals surface area contributed by atoms with E-state index >= 15 is 0 Å². The van der Waals surface area contributed by atoms with Gasteiger partial charge >= 0.3 is 0 Å². The molecule has 0 bridgehead atoms. The zero-order chi connectivity index (χ0) is 14.1. The van der Waals surface area contributed by atoms with Crippen LogP contribution in [0.3, 0.4) is 0 Å². The Bertz CT molecular complexity index is 748. The van der Waals surface area contributed by atoms with Crippen LogP contribution in [0, 0.1) is 6.92 Å². The average molecular weight is 267 g/mol. The highest BCUT2D eigenvalue weighted by molar-refractivity contribution is 5.63. The molecule has 100 valence electrons. The van der Waals surface area contributed by atoms with Crippen molar-refractivity contribution in [3.8, 4) is 28.6 Å². The molecule has 0 saturated carbocycles. The molecule has 0 radical (unpaired) electrons. The minimum absolute atomic E-state index is 0.201. The maximum Gasteiger partial charge on any atom is 0.258 e. The molecule has 0 amide bonds. The monoisotopic (exact) mass is 267 g/mol. The van der Waals surface area contributed by atoms with Crippen molar-refractivity contribution < 1.29 is 9.63 Å². The highest BCUT2D eigenvalue weighted by Crippen LogP contribution is 2.25. The van der Waals surface area contributed by atoms with Crippen LogP contribution in [-0.2, 0) is 0 Å². The van der Waals surface area contributed by atoms with E-state index in [1.165, 1.54) is 0 Å². The lowest BCUT2D eigenvalue weighted by molar-refractivity contribution is 0.432. The Labute approximate surface area is 115 Å². The fraction of sp³-hybridized carbons (Fsp3) is 0.0667. The number of nitrogens with two attached hydrogens (primary N) is 1. The second kappa shape index (κ2) is 4.70. The lowest BCUT2D eigenvalue weighted by atomic mass is 10.1. The van der Waals surface area contributed by atoms with E-state index in [1.807, 2.05) is 25.1 Å². The number of benzene rings is 2. The molecule has 1 aromatic heterocycles. The van der Waals surface area contributed by atoms with E-state index in [2.05, 4.69) is 10.1 Å². The van der Waals surface area contributed by atoms with Crippen molar-refractivity contribution in [2.45, 2.75) is 6.92 Å². The van der Waals surface area contributed by atoms with E-state index < -0.39 is 0 Å². The van der Waals surface area contributed by atoms with E-state index in [0.29, 0.717) is 11.7 Å². The predicted octanol–water partition coefficient (Wildman–Crippen LogP) is 3.00. The first-order valence-corrected chi connectivity index (χ1v) is 6.13. The number of aromatic hydroxyl groups is 1. The van der Waals surface area contributed by atoms with Crippen LogP contribution in [0.1, 0.15) is 5.56 Å². The molecule has 0 aliphatic heterocycles. The molecular weight excluding hydrogens is 254 g/mol. The van der Waals surface area contributed by atoms with Gasteiger partial charge in [-0.05, 0) is 55.0 Å². The van der Waals surface area contributed by atoms with Gasteiger partial charge in [0.25, 0.3) is 5.89 Å². The van der Waals surface area contributed by atoms with Crippen LogP contribution in [0.5, 0.6) is 5.75 Å². The van der Waals surface area contributed by atoms with Gasteiger partial charge in [-0.3, -0.25) is 0 Å². The summed E-state index contributed by atoms with van der Waals surface area (Å²) in [5.41, 5.74) is 9.09. The topological polar surface area (TPSA) is 85.2 Å². The van der Waals surface area contributed by atoms with E-state index in [-0.39, 0.29) is 5.75 Å². The van der Waals surface area contributed by atoms with Gasteiger partial charge in [0.15, 0.2) is 0 Å². The van der Waals surface area contributed by atoms with Gasteiger partial charge in [-0.2, -0.15) is 4.98 Å². The molecule has 1 heterocycles. The molecule has 2 aromatic carbocycles. The Kier molecular flexibility index (Phi) is 2.87. The Morgan fingerprint density at radius 2 is 1.75 bits per heavy atom. The summed E-state index contributed by atoms with van der Waals surface area (Å²) in [5, 5.41) is 13.2. The van der Waals surface area contributed by atoms with Crippen molar-refractivity contribution in [3.05, 3.63) is 48.0 Å². The highest BCUT2D eigenvalue weighted by atomic mass is 16.5. The molecule has 0 saturated heterocycles. The molecule has 0 aliphatic carbocycles. The Morgan fingerprint density at radius 1 is 1.05 bits per heavy atom. The largest absolute Gasteiger partial charge is 0.508 e. The molecule has 0 fully saturated rings. The minimum atomic E-state index is 0.201. The van der Waals surface area contributed by atoms with Crippen molar-refractivity contribution in [2.24, 2.45) is 0 Å². The molecular formula is C15H13N3O2. The summed E-state index contributed by atoms with van der Waals surface area (Å²) in [6.45, 7) is 1.93. The van der Waals surface area contributed by atoms with Gasteiger partial charge in [0.1, 0.15) is 5.75 Å². The molecule has 0 spiro atoms. The van der Waals surface area contributed by atoms with Gasteiger partial charge in [-0.25, -0.2) is 0 Å². The number of aromatic nitrogens is 2. The van der Waals surface area contributed by atoms with Crippen molar-refractivity contribution in [1.82, 2.24) is 10.1 Å². The second-order valence-electron chi connectivity index (χ2n) is 4.54. The molecule has 0 atom stereocenters. The van der Waals surface area contributed by atoms with Crippen LogP contribution >= 0.6 is 0 Å². The molecule has 0 aliphatic rings. The Hall–Kier alpha value is -2.82. The fourth-order valence-electron chi connectivity index (χ4n) is 1.88. The third kappa shape index (κ3) is 2.21. The Morgan fingerprint density at radius 3 is 2.45 bits per heavy atom. The number of anilines is 1. The molecule has 3 N–H and O–H groups in total. The molecule has 3 rings (SSSR count). The molecule has 5 nitrogen and oxygen atoms in total. The van der Waals surface area contributed by atoms with E-state index in [0.717, 1.165) is 22.4 Å². The lowest BCUT2D eigenvalue weighted by Crippen LogP contribution is -1.89. The first-order valence-electron chi connectivity index (χ1n) is 6.13. The number of phenolic OH excluding ortho intramolecular Hbond substituents is 1. The second-order valence-corrected chi connectivity index (χ2v) is 4.54. The number of rotatable bonds is 2. The third-order valence-electron chi connectivity index (χ3n) is 3.07. The molecule has 0 unspecified atom stereocenters. The van der Waals surface area contributed by atoms with Gasteiger partial charge in [-0.15, -0.1) is 0 Å². The standard InChI is InChI=1S/C15H13N3O2/c1-9-8-11(4-7-13(9)16)15-17-14(18-20-15)10-2-5-12(19)6-3-10/h2-8,19H,16H2,1H3. The van der Waals surface area contributed by atoms with Crippen LogP contribution in [0.15, 0.2) is 47.0 Å². The van der Waals surface area contributed by atoms with Crippen molar-refractivity contribution in [1.29, 1.82) is 0 Å². The van der Waals surface area contributed by atoms with Gasteiger partial charge in [0.05, 0.1) is 0 Å². The summed E-state index contributed by atoms with van der Waals surface area (Å²) < 4.78 is 5.27. The smallest absolute Gasteiger partial charge is 0.258 e. The number of nitrogens with zero attached hydrogens (tertiary/aromatic N) is 2. The van der Waals surface area contributed by atoms with Gasteiger partial charge in [0.2, 0.25) is 5.82 Å². The zero-order valence-corrected chi connectivity index (χ0v) is 10.9. The fourth-order valence-corrected chi connectivity index (χ4v) is 1.88. The maximum absolute atomic E-state index is 9.27. The quantitative estimate of drug-likeness (QED) is 0.697. The normalized spacial score (nSPS) is 10.7. The van der Waals surface area contributed by atoms with Crippen LogP contribution < -0.4 is 5.73 Å². The van der Waals surface area contributed by atoms with Gasteiger partial charge < -0.3 is 15.4 Å². The first-order chi connectivity index (χ1) is 9.63. The SMILES string of the molecule is Cc1cc(-c2nc(-c3ccc(O)cc3)no2)ccc1N. The summed E-state index contributed by atoms with van der Waals surface area (Å²) in [5.74, 6) is 1.12. The summed E-state index contributed by atoms with van der Waals surface area (Å²) >= 11 is 0. The third-order valence-corrected chi connectivity index (χ3v) is 3.07. The van der Waals surface area contributed by atoms with Crippen LogP contribution in [0.4, 0.5) is 5.69 Å². The summed E-state index contributed by atoms with van der Waals surface area (Å²) in [7, 11) is 0. The molecule has 5 heteroatoms. The number of phenols is 1. The Balaban J connectivity index is 1.97. The number of aryl methyl sites for hydroxylation is 1. The number of nitrogen functional groups attached to an aromatic ring is 1. The van der Waals surface area contributed by atoms with Crippen LogP contribution in [0.2, 0.25) is 0 Å². The zero-order valence-electron chi connectivity index (χ0n) is 10.9. The highest BCUT2D eigenvalue weighted by Gasteiger charge is 2.11. The number of hydrogen-bond acceptors (Lipinski definition) is 5. The number of hydrogen-bond donors (Lipinski definition) is 2. The van der Waals surface area contributed by atoms with Crippen LogP contribution in [-0.4, -0.2) is 15.2 Å². The summed E-state index contributed by atoms with van der Waals surface area (Å²) in [6.07, 6.45) is 0. The van der Waals surface area contributed by atoms with E-state index in [4.69, 9.17) is 10.3 Å². The summed E-state index contributed by atoms with van der Waals surface area (Å²) in [4.78, 5) is 4.35. The van der Waals surface area contributed by atoms with Gasteiger partial charge in [-0.1, -0.05) is 5.16 Å². The van der Waals surface area contributed by atoms with Crippen molar-refractivity contribution in [2.75, 3.05) is 5.73 Å². The first kappa shape index (κ1) is 12.2. The molecule has 3 aromatic rings. The predicted molar refractivity (Wildman–Crippen MR) is 76.0 cm³/mol. The average Bonchev–Trinajstić information content (AvgIpc) is 2.92. The lowest BCUT2D eigenvalue weighted by Gasteiger charge is -2.00. The summed E-state index contributed by atoms with van der Waals surface area (Å²) in [6, 6.07) is 12.2. The van der Waals surface area contributed by atoms with Crippen LogP contribution in [0.25, 0.3) is 22.8 Å². The van der Waals surface area contributed by atoms with Crippen molar-refractivity contribution in [3.63, 3.8) is 0 Å². The van der Waals surface area contributed by atoms with Gasteiger partial charge in [0, 0.05) is 16.8 Å². The van der Waals surface area contributed by atoms with E-state index in [1.54, 1.807) is 24.3 Å².